The maximum atomic E-state index is 10.5. The van der Waals surface area contributed by atoms with Gasteiger partial charge in [-0.15, -0.1) is 0 Å². The van der Waals surface area contributed by atoms with Gasteiger partial charge in [-0.25, -0.2) is 0 Å². The molecule has 0 fully saturated rings. The van der Waals surface area contributed by atoms with Crippen molar-refractivity contribution in [3.63, 3.8) is 0 Å². The van der Waals surface area contributed by atoms with Crippen LogP contribution in [-0.4, -0.2) is 30.8 Å². The predicted molar refractivity (Wildman–Crippen MR) is 61.8 cm³/mol. The van der Waals surface area contributed by atoms with Crippen LogP contribution in [0.15, 0.2) is 22.7 Å². The van der Waals surface area contributed by atoms with E-state index < -0.39 is 12.0 Å². The second-order valence-electron chi connectivity index (χ2n) is 3.03. The molecular formula is C10H12BrNO4. The molecule has 0 aliphatic heterocycles. The van der Waals surface area contributed by atoms with E-state index in [9.17, 15) is 4.79 Å². The van der Waals surface area contributed by atoms with Crippen LogP contribution in [0.4, 0.5) is 0 Å². The van der Waals surface area contributed by atoms with Gasteiger partial charge in [-0.2, -0.15) is 0 Å². The predicted octanol–water partition coefficient (Wildman–Crippen LogP) is 1.25. The number of hydrogen-bond acceptors (Lipinski definition) is 4. The normalized spacial score (nSPS) is 11.9. The molecule has 0 heterocycles. The number of carboxylic acid groups (broad SMARTS) is 1. The monoisotopic (exact) mass is 289 g/mol. The van der Waals surface area contributed by atoms with Gasteiger partial charge in [0.2, 0.25) is 0 Å². The van der Waals surface area contributed by atoms with E-state index in [0.29, 0.717) is 16.0 Å². The van der Waals surface area contributed by atoms with Crippen LogP contribution in [0.25, 0.3) is 0 Å². The molecule has 1 aromatic rings. The van der Waals surface area contributed by atoms with Crippen LogP contribution in [-0.2, 0) is 4.79 Å². The molecule has 0 saturated carbocycles. The van der Waals surface area contributed by atoms with Gasteiger partial charge in [0.05, 0.1) is 11.6 Å². The average Bonchev–Trinajstić information content (AvgIpc) is 2.26. The first-order valence-corrected chi connectivity index (χ1v) is 5.29. The third-order valence-electron chi connectivity index (χ3n) is 1.88. The zero-order valence-corrected chi connectivity index (χ0v) is 10.2. The van der Waals surface area contributed by atoms with Gasteiger partial charge < -0.3 is 20.3 Å². The first kappa shape index (κ1) is 12.8. The van der Waals surface area contributed by atoms with Gasteiger partial charge in [0.15, 0.2) is 11.5 Å². The van der Waals surface area contributed by atoms with Crippen molar-refractivity contribution in [2.24, 2.45) is 5.73 Å². The minimum atomic E-state index is -1.11. The van der Waals surface area contributed by atoms with Crippen LogP contribution in [0.5, 0.6) is 11.5 Å². The van der Waals surface area contributed by atoms with Crippen LogP contribution in [0.3, 0.4) is 0 Å². The number of carbonyl (C=O) groups is 1. The summed E-state index contributed by atoms with van der Waals surface area (Å²) in [4.78, 5) is 10.5. The second kappa shape index (κ2) is 5.72. The number of nitrogens with two attached hydrogens (primary N) is 1. The molecule has 1 aromatic carbocycles. The lowest BCUT2D eigenvalue weighted by Crippen LogP contribution is -2.36. The molecular weight excluding hydrogens is 278 g/mol. The minimum Gasteiger partial charge on any atom is -0.493 e. The third kappa shape index (κ3) is 3.11. The Kier molecular flexibility index (Phi) is 4.57. The van der Waals surface area contributed by atoms with Crippen molar-refractivity contribution in [1.29, 1.82) is 0 Å². The average molecular weight is 290 g/mol. The third-order valence-corrected chi connectivity index (χ3v) is 2.50. The molecule has 0 amide bonds. The van der Waals surface area contributed by atoms with Crippen molar-refractivity contribution in [3.05, 3.63) is 22.7 Å². The Morgan fingerprint density at radius 1 is 1.62 bits per heavy atom. The smallest absolute Gasteiger partial charge is 0.324 e. The largest absolute Gasteiger partial charge is 0.493 e. The molecule has 0 aromatic heterocycles. The number of carboxylic acids is 1. The van der Waals surface area contributed by atoms with Crippen LogP contribution in [0.1, 0.15) is 0 Å². The standard InChI is InChI=1S/C10H12BrNO4/c1-15-8-4-2-3-6(11)9(8)16-5-7(12)10(13)14/h2-4,7H,5,12H2,1H3,(H,13,14)/t7-/m0/s1. The fraction of sp³-hybridized carbons (Fsp3) is 0.300. The number of rotatable bonds is 5. The lowest BCUT2D eigenvalue weighted by molar-refractivity contribution is -0.139. The Hall–Kier alpha value is -1.27. The molecule has 0 aliphatic rings. The SMILES string of the molecule is COc1cccc(Br)c1OC[C@H](N)C(=O)O. The maximum Gasteiger partial charge on any atom is 0.324 e. The Labute approximate surface area is 101 Å². The molecule has 16 heavy (non-hydrogen) atoms. The second-order valence-corrected chi connectivity index (χ2v) is 3.88. The Bertz CT molecular complexity index is 383. The molecule has 6 heteroatoms. The highest BCUT2D eigenvalue weighted by atomic mass is 79.9. The van der Waals surface area contributed by atoms with Gasteiger partial charge in [0.25, 0.3) is 0 Å². The maximum absolute atomic E-state index is 10.5. The number of hydrogen-bond donors (Lipinski definition) is 2. The summed E-state index contributed by atoms with van der Waals surface area (Å²) in [6.07, 6.45) is 0. The molecule has 0 saturated heterocycles. The van der Waals surface area contributed by atoms with E-state index in [1.165, 1.54) is 7.11 Å². The summed E-state index contributed by atoms with van der Waals surface area (Å²) in [6.45, 7) is -0.117. The summed E-state index contributed by atoms with van der Waals surface area (Å²) >= 11 is 3.28. The molecule has 1 rings (SSSR count). The molecule has 1 atom stereocenters. The van der Waals surface area contributed by atoms with E-state index in [2.05, 4.69) is 15.9 Å². The summed E-state index contributed by atoms with van der Waals surface area (Å²) in [7, 11) is 1.51. The lowest BCUT2D eigenvalue weighted by Gasteiger charge is -2.13. The van der Waals surface area contributed by atoms with Gasteiger partial charge in [0, 0.05) is 0 Å². The molecule has 0 bridgehead atoms. The van der Waals surface area contributed by atoms with E-state index in [0.717, 1.165) is 0 Å². The van der Waals surface area contributed by atoms with Crippen molar-refractivity contribution in [3.8, 4) is 11.5 Å². The van der Waals surface area contributed by atoms with Crippen molar-refractivity contribution in [2.45, 2.75) is 6.04 Å². The van der Waals surface area contributed by atoms with E-state index in [-0.39, 0.29) is 6.61 Å². The summed E-state index contributed by atoms with van der Waals surface area (Å²) in [5.41, 5.74) is 5.33. The van der Waals surface area contributed by atoms with Gasteiger partial charge in [-0.1, -0.05) is 6.07 Å². The van der Waals surface area contributed by atoms with Crippen molar-refractivity contribution >= 4 is 21.9 Å². The Morgan fingerprint density at radius 2 is 2.31 bits per heavy atom. The lowest BCUT2D eigenvalue weighted by atomic mass is 10.3. The van der Waals surface area contributed by atoms with Crippen LogP contribution in [0, 0.1) is 0 Å². The molecule has 3 N–H and O–H groups in total. The van der Waals surface area contributed by atoms with Crippen molar-refractivity contribution in [2.75, 3.05) is 13.7 Å². The van der Waals surface area contributed by atoms with Gasteiger partial charge in [-0.05, 0) is 28.1 Å². The fourth-order valence-corrected chi connectivity index (χ4v) is 1.50. The number of methoxy groups -OCH3 is 1. The minimum absolute atomic E-state index is 0.117. The van der Waals surface area contributed by atoms with Gasteiger partial charge in [-0.3, -0.25) is 4.79 Å². The number of aliphatic carboxylic acids is 1. The van der Waals surface area contributed by atoms with Crippen LogP contribution >= 0.6 is 15.9 Å². The molecule has 0 aliphatic carbocycles. The zero-order chi connectivity index (χ0) is 12.1. The topological polar surface area (TPSA) is 81.8 Å². The van der Waals surface area contributed by atoms with E-state index in [1.54, 1.807) is 18.2 Å². The first-order valence-electron chi connectivity index (χ1n) is 4.50. The number of benzene rings is 1. The number of ether oxygens (including phenoxy) is 2. The number of halogens is 1. The summed E-state index contributed by atoms with van der Waals surface area (Å²) in [5, 5.41) is 8.61. The number of para-hydroxylation sites is 1. The summed E-state index contributed by atoms with van der Waals surface area (Å²) < 4.78 is 11.1. The Balaban J connectivity index is 2.76. The van der Waals surface area contributed by atoms with Crippen LogP contribution in [0.2, 0.25) is 0 Å². The van der Waals surface area contributed by atoms with E-state index in [4.69, 9.17) is 20.3 Å². The summed E-state index contributed by atoms with van der Waals surface area (Å²) in [5.74, 6) is -0.139. The Morgan fingerprint density at radius 3 is 2.88 bits per heavy atom. The fourth-order valence-electron chi connectivity index (χ4n) is 1.03. The van der Waals surface area contributed by atoms with E-state index in [1.807, 2.05) is 0 Å². The molecule has 88 valence electrons. The molecule has 5 nitrogen and oxygen atoms in total. The van der Waals surface area contributed by atoms with Crippen LogP contribution < -0.4 is 15.2 Å². The quantitative estimate of drug-likeness (QED) is 0.853. The molecule has 0 unspecified atom stereocenters. The van der Waals surface area contributed by atoms with Gasteiger partial charge >= 0.3 is 5.97 Å². The highest BCUT2D eigenvalue weighted by Crippen LogP contribution is 2.34. The highest BCUT2D eigenvalue weighted by molar-refractivity contribution is 9.10. The van der Waals surface area contributed by atoms with Gasteiger partial charge in [0.1, 0.15) is 12.6 Å². The highest BCUT2D eigenvalue weighted by Gasteiger charge is 2.15. The zero-order valence-electron chi connectivity index (χ0n) is 8.64. The molecule has 0 spiro atoms. The summed E-state index contributed by atoms with van der Waals surface area (Å²) in [6, 6.07) is 4.21. The van der Waals surface area contributed by atoms with Crippen molar-refractivity contribution in [1.82, 2.24) is 0 Å². The molecule has 0 radical (unpaired) electrons. The van der Waals surface area contributed by atoms with E-state index >= 15 is 0 Å². The van der Waals surface area contributed by atoms with Crippen molar-refractivity contribution < 1.29 is 19.4 Å². The first-order chi connectivity index (χ1) is 7.56.